The van der Waals surface area contributed by atoms with E-state index in [0.29, 0.717) is 24.1 Å². The van der Waals surface area contributed by atoms with Crippen LogP contribution in [0.15, 0.2) is 21.6 Å². The van der Waals surface area contributed by atoms with E-state index in [2.05, 4.69) is 21.2 Å². The molecule has 1 amide bonds. The molecule has 2 aliphatic carbocycles. The molecule has 1 saturated carbocycles. The zero-order chi connectivity index (χ0) is 22.5. The summed E-state index contributed by atoms with van der Waals surface area (Å²) in [5.74, 6) is 1.39. The van der Waals surface area contributed by atoms with Gasteiger partial charge in [-0.25, -0.2) is 4.99 Å². The van der Waals surface area contributed by atoms with Crippen LogP contribution in [0.2, 0.25) is 0 Å². The topological polar surface area (TPSA) is 59.9 Å². The SMILES string of the molecule is CCOc1c(Br)cc(/C=N\c2sc3c(c2C(=O)NC2CCCCC2)CCCC3)cc1OC. The lowest BCUT2D eigenvalue weighted by Gasteiger charge is -2.23. The van der Waals surface area contributed by atoms with Gasteiger partial charge in [0, 0.05) is 17.1 Å². The average molecular weight is 520 g/mol. The van der Waals surface area contributed by atoms with E-state index in [0.717, 1.165) is 52.7 Å². The fraction of sp³-hybridized carbons (Fsp3) is 0.520. The van der Waals surface area contributed by atoms with E-state index < -0.39 is 0 Å². The number of carbonyl (C=O) groups is 1. The predicted octanol–water partition coefficient (Wildman–Crippen LogP) is 6.61. The van der Waals surface area contributed by atoms with Gasteiger partial charge in [0.2, 0.25) is 0 Å². The third kappa shape index (κ3) is 5.20. The summed E-state index contributed by atoms with van der Waals surface area (Å²) >= 11 is 5.25. The minimum atomic E-state index is 0.0499. The number of aryl methyl sites for hydroxylation is 1. The zero-order valence-electron chi connectivity index (χ0n) is 18.8. The summed E-state index contributed by atoms with van der Waals surface area (Å²) in [6.45, 7) is 2.50. The maximum atomic E-state index is 13.3. The molecule has 2 aliphatic rings. The lowest BCUT2D eigenvalue weighted by molar-refractivity contribution is 0.0927. The van der Waals surface area contributed by atoms with Gasteiger partial charge in [0.15, 0.2) is 11.5 Å². The Morgan fingerprint density at radius 1 is 1.22 bits per heavy atom. The third-order valence-electron chi connectivity index (χ3n) is 6.19. The molecule has 2 aromatic rings. The first-order valence-electron chi connectivity index (χ1n) is 11.6. The molecule has 1 aromatic carbocycles. The van der Waals surface area contributed by atoms with Crippen LogP contribution in [0.5, 0.6) is 11.5 Å². The first-order valence-corrected chi connectivity index (χ1v) is 13.2. The van der Waals surface area contributed by atoms with Gasteiger partial charge in [-0.3, -0.25) is 4.79 Å². The van der Waals surface area contributed by atoms with Crippen molar-refractivity contribution in [3.05, 3.63) is 38.2 Å². The number of methoxy groups -OCH3 is 1. The van der Waals surface area contributed by atoms with Gasteiger partial charge in [0.05, 0.1) is 23.8 Å². The molecular formula is C25H31BrN2O3S. The summed E-state index contributed by atoms with van der Waals surface area (Å²) in [5, 5.41) is 4.12. The molecule has 172 valence electrons. The van der Waals surface area contributed by atoms with E-state index in [4.69, 9.17) is 14.5 Å². The number of hydrogen-bond donors (Lipinski definition) is 1. The van der Waals surface area contributed by atoms with Crippen molar-refractivity contribution in [1.29, 1.82) is 0 Å². The van der Waals surface area contributed by atoms with E-state index in [1.165, 1.54) is 36.1 Å². The number of rotatable bonds is 7. The van der Waals surface area contributed by atoms with Crippen LogP contribution < -0.4 is 14.8 Å². The van der Waals surface area contributed by atoms with E-state index >= 15 is 0 Å². The van der Waals surface area contributed by atoms with Crippen LogP contribution in [-0.4, -0.2) is 31.9 Å². The van der Waals surface area contributed by atoms with Gasteiger partial charge in [-0.15, -0.1) is 11.3 Å². The Hall–Kier alpha value is -1.86. The molecule has 1 N–H and O–H groups in total. The van der Waals surface area contributed by atoms with Gasteiger partial charge in [-0.2, -0.15) is 0 Å². The normalized spacial score (nSPS) is 16.7. The van der Waals surface area contributed by atoms with Crippen LogP contribution in [0, 0.1) is 0 Å². The van der Waals surface area contributed by atoms with Gasteiger partial charge >= 0.3 is 0 Å². The number of thiophene rings is 1. The molecule has 0 saturated heterocycles. The van der Waals surface area contributed by atoms with Crippen molar-refractivity contribution in [3.63, 3.8) is 0 Å². The summed E-state index contributed by atoms with van der Waals surface area (Å²) in [7, 11) is 1.63. The Bertz CT molecular complexity index is 996. The third-order valence-corrected chi connectivity index (χ3v) is 7.98. The van der Waals surface area contributed by atoms with Crippen molar-refractivity contribution in [2.75, 3.05) is 13.7 Å². The van der Waals surface area contributed by atoms with Crippen molar-refractivity contribution in [1.82, 2.24) is 5.32 Å². The molecule has 0 radical (unpaired) electrons. The van der Waals surface area contributed by atoms with Crippen LogP contribution in [0.1, 0.15) is 78.2 Å². The fourth-order valence-corrected chi connectivity index (χ4v) is 6.42. The van der Waals surface area contributed by atoms with Crippen LogP contribution in [0.3, 0.4) is 0 Å². The number of nitrogens with zero attached hydrogens (tertiary/aromatic N) is 1. The first kappa shape index (κ1) is 23.3. The Labute approximate surface area is 202 Å². The van der Waals surface area contributed by atoms with Gasteiger partial charge < -0.3 is 14.8 Å². The number of benzene rings is 1. The summed E-state index contributed by atoms with van der Waals surface area (Å²) in [6.07, 6.45) is 12.0. The lowest BCUT2D eigenvalue weighted by atomic mass is 9.93. The van der Waals surface area contributed by atoms with Gasteiger partial charge in [0.1, 0.15) is 5.00 Å². The highest BCUT2D eigenvalue weighted by molar-refractivity contribution is 9.10. The number of nitrogens with one attached hydrogen (secondary N) is 1. The molecule has 0 bridgehead atoms. The number of halogens is 1. The van der Waals surface area contributed by atoms with E-state index in [1.54, 1.807) is 18.4 Å². The minimum Gasteiger partial charge on any atom is -0.493 e. The number of ether oxygens (including phenoxy) is 2. The Morgan fingerprint density at radius 3 is 2.75 bits per heavy atom. The Kier molecular flexibility index (Phi) is 7.89. The largest absolute Gasteiger partial charge is 0.493 e. The van der Waals surface area contributed by atoms with Gasteiger partial charge in [-0.05, 0) is 84.6 Å². The lowest BCUT2D eigenvalue weighted by Crippen LogP contribution is -2.36. The van der Waals surface area contributed by atoms with E-state index in [1.807, 2.05) is 25.3 Å². The van der Waals surface area contributed by atoms with Crippen LogP contribution in [0.25, 0.3) is 0 Å². The molecule has 0 unspecified atom stereocenters. The second-order valence-corrected chi connectivity index (χ2v) is 10.4. The van der Waals surface area contributed by atoms with Crippen molar-refractivity contribution in [2.24, 2.45) is 4.99 Å². The van der Waals surface area contributed by atoms with Gasteiger partial charge in [0.25, 0.3) is 5.91 Å². The number of hydrogen-bond acceptors (Lipinski definition) is 5. The summed E-state index contributed by atoms with van der Waals surface area (Å²) in [5.41, 5.74) is 2.90. The molecule has 1 aromatic heterocycles. The maximum absolute atomic E-state index is 13.3. The summed E-state index contributed by atoms with van der Waals surface area (Å²) < 4.78 is 12.0. The highest BCUT2D eigenvalue weighted by atomic mass is 79.9. The van der Waals surface area contributed by atoms with Crippen molar-refractivity contribution in [3.8, 4) is 11.5 Å². The molecule has 1 fully saturated rings. The molecule has 0 atom stereocenters. The van der Waals surface area contributed by atoms with E-state index in [-0.39, 0.29) is 5.91 Å². The van der Waals surface area contributed by atoms with Crippen LogP contribution >= 0.6 is 27.3 Å². The molecule has 7 heteroatoms. The molecule has 0 spiro atoms. The quantitative estimate of drug-likeness (QED) is 0.419. The Balaban J connectivity index is 1.63. The second kappa shape index (κ2) is 10.8. The highest BCUT2D eigenvalue weighted by Gasteiger charge is 2.27. The highest BCUT2D eigenvalue weighted by Crippen LogP contribution is 2.41. The average Bonchev–Trinajstić information content (AvgIpc) is 3.18. The zero-order valence-corrected chi connectivity index (χ0v) is 21.2. The molecule has 4 rings (SSSR count). The molecule has 5 nitrogen and oxygen atoms in total. The minimum absolute atomic E-state index is 0.0499. The molecule has 32 heavy (non-hydrogen) atoms. The van der Waals surface area contributed by atoms with E-state index in [9.17, 15) is 4.79 Å². The van der Waals surface area contributed by atoms with Crippen molar-refractivity contribution in [2.45, 2.75) is 70.8 Å². The van der Waals surface area contributed by atoms with Gasteiger partial charge in [-0.1, -0.05) is 19.3 Å². The summed E-state index contributed by atoms with van der Waals surface area (Å²) in [4.78, 5) is 19.5. The number of amides is 1. The first-order chi connectivity index (χ1) is 15.6. The predicted molar refractivity (Wildman–Crippen MR) is 134 cm³/mol. The van der Waals surface area contributed by atoms with Crippen LogP contribution in [0.4, 0.5) is 5.00 Å². The summed E-state index contributed by atoms with van der Waals surface area (Å²) in [6, 6.07) is 4.17. The molecule has 0 aliphatic heterocycles. The second-order valence-electron chi connectivity index (χ2n) is 8.42. The number of fused-ring (bicyclic) bond motifs is 1. The smallest absolute Gasteiger partial charge is 0.254 e. The van der Waals surface area contributed by atoms with Crippen LogP contribution in [-0.2, 0) is 12.8 Å². The molecular weight excluding hydrogens is 488 g/mol. The number of aliphatic imine (C=N–C) groups is 1. The standard InChI is InChI=1S/C25H31BrN2O3S/c1-3-31-23-19(26)13-16(14-20(23)30-2)15-27-25-22(18-11-7-8-12-21(18)32-25)24(29)28-17-9-5-4-6-10-17/h13-15,17H,3-12H2,1-2H3,(H,28,29)/b27-15-. The monoisotopic (exact) mass is 518 g/mol. The maximum Gasteiger partial charge on any atom is 0.254 e. The fourth-order valence-electron chi connectivity index (χ4n) is 4.61. The van der Waals surface area contributed by atoms with Crippen molar-refractivity contribution >= 4 is 44.4 Å². The number of carbonyl (C=O) groups excluding carboxylic acids is 1. The Morgan fingerprint density at radius 2 is 2.00 bits per heavy atom. The van der Waals surface area contributed by atoms with Crippen molar-refractivity contribution < 1.29 is 14.3 Å². The molecule has 1 heterocycles.